The van der Waals surface area contributed by atoms with Crippen LogP contribution in [0.5, 0.6) is 0 Å². The first-order valence-electron chi connectivity index (χ1n) is 11.5. The molecule has 2 heterocycles. The lowest BCUT2D eigenvalue weighted by Crippen LogP contribution is -2.41. The van der Waals surface area contributed by atoms with Gasteiger partial charge in [-0.2, -0.15) is 4.98 Å². The number of nitrogens with one attached hydrogen (secondary N) is 2. The third-order valence-electron chi connectivity index (χ3n) is 5.31. The van der Waals surface area contributed by atoms with Crippen molar-refractivity contribution < 1.29 is 29.0 Å². The summed E-state index contributed by atoms with van der Waals surface area (Å²) in [5.41, 5.74) is -0.460. The number of aliphatic carboxylic acids is 1. The molecule has 1 aliphatic heterocycles. The van der Waals surface area contributed by atoms with E-state index in [0.29, 0.717) is 13.0 Å². The monoisotopic (exact) mass is 501 g/mol. The van der Waals surface area contributed by atoms with Gasteiger partial charge in [0.2, 0.25) is 0 Å². The van der Waals surface area contributed by atoms with Crippen molar-refractivity contribution in [1.29, 1.82) is 0 Å². The van der Waals surface area contributed by atoms with Gasteiger partial charge >= 0.3 is 23.8 Å². The van der Waals surface area contributed by atoms with Gasteiger partial charge in [0, 0.05) is 31.4 Å². The third kappa shape index (κ3) is 8.38. The van der Waals surface area contributed by atoms with E-state index >= 15 is 0 Å². The quantitative estimate of drug-likeness (QED) is 0.493. The molecule has 12 heteroatoms. The molecule has 12 nitrogen and oxygen atoms in total. The Hall–Kier alpha value is -3.93. The Balaban J connectivity index is 1.59. The summed E-state index contributed by atoms with van der Waals surface area (Å²) in [6.45, 7) is 5.54. The van der Waals surface area contributed by atoms with Crippen molar-refractivity contribution >= 4 is 24.0 Å². The third-order valence-corrected chi connectivity index (χ3v) is 5.31. The van der Waals surface area contributed by atoms with Crippen LogP contribution in [0.15, 0.2) is 47.4 Å². The molecule has 0 aliphatic carbocycles. The van der Waals surface area contributed by atoms with Crippen LogP contribution in [-0.2, 0) is 27.4 Å². The second-order valence-electron chi connectivity index (χ2n) is 9.49. The van der Waals surface area contributed by atoms with Gasteiger partial charge in [-0.3, -0.25) is 19.6 Å². The predicted molar refractivity (Wildman–Crippen MR) is 130 cm³/mol. The van der Waals surface area contributed by atoms with Crippen LogP contribution in [0.25, 0.3) is 0 Å². The molecule has 2 amide bonds. The van der Waals surface area contributed by atoms with Gasteiger partial charge in [0.05, 0.1) is 6.54 Å². The molecule has 0 saturated carbocycles. The summed E-state index contributed by atoms with van der Waals surface area (Å²) in [6.07, 6.45) is 0.556. The minimum absolute atomic E-state index is 0.0348. The number of benzene rings is 1. The summed E-state index contributed by atoms with van der Waals surface area (Å²) >= 11 is 0. The highest BCUT2D eigenvalue weighted by atomic mass is 16.6. The number of rotatable bonds is 8. The molecule has 1 fully saturated rings. The number of hydrogen-bond donors (Lipinski definition) is 3. The second kappa shape index (κ2) is 11.7. The molecule has 2 atom stereocenters. The zero-order valence-corrected chi connectivity index (χ0v) is 20.5. The maximum Gasteiger partial charge on any atom is 0.413 e. The number of carbonyl (C=O) groups excluding carboxylic acids is 2. The molecule has 3 rings (SSSR count). The Morgan fingerprint density at radius 3 is 2.50 bits per heavy atom. The van der Waals surface area contributed by atoms with Crippen molar-refractivity contribution in [3.05, 3.63) is 58.6 Å². The molecule has 3 N–H and O–H groups in total. The highest BCUT2D eigenvalue weighted by Crippen LogP contribution is 2.20. The first-order valence-corrected chi connectivity index (χ1v) is 11.5. The average Bonchev–Trinajstić information content (AvgIpc) is 3.13. The number of aromatic nitrogens is 2. The molecule has 1 aliphatic rings. The summed E-state index contributed by atoms with van der Waals surface area (Å²) in [5.74, 6) is -0.982. The lowest BCUT2D eigenvalue weighted by molar-refractivity contribution is -0.138. The molecule has 36 heavy (non-hydrogen) atoms. The molecule has 0 bridgehead atoms. The van der Waals surface area contributed by atoms with Crippen LogP contribution in [0, 0.1) is 0 Å². The Labute approximate surface area is 208 Å². The summed E-state index contributed by atoms with van der Waals surface area (Å²) in [4.78, 5) is 53.6. The van der Waals surface area contributed by atoms with E-state index in [9.17, 15) is 24.3 Å². The summed E-state index contributed by atoms with van der Waals surface area (Å²) in [7, 11) is 0. The number of hydrogen-bond acceptors (Lipinski definition) is 8. The Morgan fingerprint density at radius 2 is 1.86 bits per heavy atom. The van der Waals surface area contributed by atoms with E-state index in [1.807, 2.05) is 30.3 Å². The zero-order valence-electron chi connectivity index (χ0n) is 20.5. The van der Waals surface area contributed by atoms with E-state index < -0.39 is 29.4 Å². The predicted octanol–water partition coefficient (Wildman–Crippen LogP) is 2.04. The van der Waals surface area contributed by atoms with Gasteiger partial charge < -0.3 is 19.9 Å². The Bertz CT molecular complexity index is 1130. The fraction of sp³-hybridized carbons (Fsp3) is 0.458. The molecule has 194 valence electrons. The topological polar surface area (TPSA) is 152 Å². The molecular formula is C24H31N5O7. The maximum absolute atomic E-state index is 12.6. The highest BCUT2D eigenvalue weighted by molar-refractivity contribution is 5.83. The van der Waals surface area contributed by atoms with Gasteiger partial charge in [0.1, 0.15) is 18.0 Å². The summed E-state index contributed by atoms with van der Waals surface area (Å²) < 4.78 is 11.7. The molecule has 0 unspecified atom stereocenters. The van der Waals surface area contributed by atoms with E-state index in [2.05, 4.69) is 15.6 Å². The minimum Gasteiger partial charge on any atom is -0.480 e. The standard InChI is InChI=1S/C24H31N5O7/c1-24(2,3)36-23(34)25-17-11-18(29(12-17)14-20(30)31)13-28-10-9-19(26-21(28)32)27-22(33)35-15-16-7-5-4-6-8-16/h4-10,17-18H,11-15H2,1-3H3,(H,25,34)(H,30,31)(H,26,27,32,33)/t17-,18+/m0/s1. The van der Waals surface area contributed by atoms with Crippen molar-refractivity contribution in [3.8, 4) is 0 Å². The number of alkyl carbamates (subject to hydrolysis) is 1. The van der Waals surface area contributed by atoms with Crippen LogP contribution in [0.4, 0.5) is 15.4 Å². The minimum atomic E-state index is -1.02. The first-order chi connectivity index (χ1) is 17.0. The number of nitrogens with zero attached hydrogens (tertiary/aromatic N) is 3. The number of likely N-dealkylation sites (tertiary alicyclic amines) is 1. The van der Waals surface area contributed by atoms with E-state index in [1.165, 1.54) is 16.8 Å². The first kappa shape index (κ1) is 26.7. The van der Waals surface area contributed by atoms with Crippen LogP contribution >= 0.6 is 0 Å². The van der Waals surface area contributed by atoms with Crippen molar-refractivity contribution in [3.63, 3.8) is 0 Å². The molecule has 0 radical (unpaired) electrons. The second-order valence-corrected chi connectivity index (χ2v) is 9.49. The fourth-order valence-corrected chi connectivity index (χ4v) is 3.85. The molecule has 1 aromatic heterocycles. The number of carbonyl (C=O) groups is 3. The maximum atomic E-state index is 12.6. The van der Waals surface area contributed by atoms with Crippen molar-refractivity contribution in [2.45, 2.75) is 58.0 Å². The molecular weight excluding hydrogens is 470 g/mol. The number of carboxylic acids is 1. The Morgan fingerprint density at radius 1 is 1.14 bits per heavy atom. The fourth-order valence-electron chi connectivity index (χ4n) is 3.85. The van der Waals surface area contributed by atoms with E-state index in [1.54, 1.807) is 25.7 Å². The Kier molecular flexibility index (Phi) is 8.64. The van der Waals surface area contributed by atoms with Crippen LogP contribution in [0.2, 0.25) is 0 Å². The zero-order chi connectivity index (χ0) is 26.3. The van der Waals surface area contributed by atoms with E-state index in [0.717, 1.165) is 5.56 Å². The number of carboxylic acid groups (broad SMARTS) is 1. The summed E-state index contributed by atoms with van der Waals surface area (Å²) in [6, 6.07) is 9.92. The van der Waals surface area contributed by atoms with Gasteiger partial charge in [0.25, 0.3) is 0 Å². The van der Waals surface area contributed by atoms with Crippen LogP contribution in [0.1, 0.15) is 32.8 Å². The van der Waals surface area contributed by atoms with Crippen LogP contribution in [-0.4, -0.2) is 68.5 Å². The molecule has 1 aromatic carbocycles. The average molecular weight is 502 g/mol. The van der Waals surface area contributed by atoms with Gasteiger partial charge in [-0.25, -0.2) is 14.4 Å². The highest BCUT2D eigenvalue weighted by Gasteiger charge is 2.35. The number of anilines is 1. The van der Waals surface area contributed by atoms with Gasteiger partial charge in [-0.1, -0.05) is 30.3 Å². The van der Waals surface area contributed by atoms with E-state index in [-0.39, 0.29) is 37.6 Å². The molecule has 0 spiro atoms. The molecule has 1 saturated heterocycles. The lowest BCUT2D eigenvalue weighted by atomic mass is 10.1. The normalized spacial score (nSPS) is 17.9. The van der Waals surface area contributed by atoms with Gasteiger partial charge in [0.15, 0.2) is 0 Å². The van der Waals surface area contributed by atoms with Crippen molar-refractivity contribution in [2.75, 3.05) is 18.4 Å². The smallest absolute Gasteiger partial charge is 0.413 e. The number of ether oxygens (including phenoxy) is 2. The van der Waals surface area contributed by atoms with E-state index in [4.69, 9.17) is 9.47 Å². The van der Waals surface area contributed by atoms with Gasteiger partial charge in [-0.15, -0.1) is 0 Å². The van der Waals surface area contributed by atoms with Crippen LogP contribution < -0.4 is 16.3 Å². The van der Waals surface area contributed by atoms with Crippen molar-refractivity contribution in [2.24, 2.45) is 0 Å². The van der Waals surface area contributed by atoms with Crippen LogP contribution in [0.3, 0.4) is 0 Å². The SMILES string of the molecule is CC(C)(C)OC(=O)N[C@H]1C[C@H](Cn2ccc(NC(=O)OCc3ccccc3)nc2=O)N(CC(=O)O)C1. The number of amides is 2. The molecule has 2 aromatic rings. The van der Waals surface area contributed by atoms with Gasteiger partial charge in [-0.05, 0) is 38.8 Å². The summed E-state index contributed by atoms with van der Waals surface area (Å²) in [5, 5.41) is 14.5. The van der Waals surface area contributed by atoms with Crippen molar-refractivity contribution in [1.82, 2.24) is 19.8 Å². The largest absolute Gasteiger partial charge is 0.480 e. The lowest BCUT2D eigenvalue weighted by Gasteiger charge is -2.22.